The number of aliphatic carboxylic acids is 1. The molecular formula is C23H18ClN3O4. The molecule has 3 aromatic carbocycles. The number of carboxylic acid groups (broad SMARTS) is 1. The normalized spacial score (nSPS) is 10.7. The van der Waals surface area contributed by atoms with Crippen molar-refractivity contribution in [2.75, 3.05) is 6.54 Å². The Kier molecular flexibility index (Phi) is 5.86. The second kappa shape index (κ2) is 8.89. The van der Waals surface area contributed by atoms with E-state index >= 15 is 0 Å². The molecule has 0 spiro atoms. The smallest absolute Gasteiger partial charge is 0.322 e. The van der Waals surface area contributed by atoms with Crippen LogP contribution >= 0.6 is 11.6 Å². The molecule has 4 rings (SSSR count). The molecule has 0 aliphatic rings. The Labute approximate surface area is 182 Å². The summed E-state index contributed by atoms with van der Waals surface area (Å²) in [6, 6.07) is 20.8. The molecule has 0 bridgehead atoms. The number of carbonyl (C=O) groups excluding carboxylic acids is 1. The molecule has 0 radical (unpaired) electrons. The molecule has 0 aliphatic heterocycles. The first-order valence-corrected chi connectivity index (χ1v) is 9.83. The first kappa shape index (κ1) is 20.4. The number of nitrogens with zero attached hydrogens (tertiary/aromatic N) is 1. The number of aromatic nitrogens is 2. The number of imidazole rings is 1. The summed E-state index contributed by atoms with van der Waals surface area (Å²) >= 11 is 5.91. The van der Waals surface area contributed by atoms with Gasteiger partial charge in [0.2, 0.25) is 0 Å². The Bertz CT molecular complexity index is 1250. The van der Waals surface area contributed by atoms with Crippen molar-refractivity contribution in [3.8, 4) is 16.9 Å². The number of benzene rings is 3. The van der Waals surface area contributed by atoms with E-state index in [1.807, 2.05) is 66.7 Å². The molecule has 8 heteroatoms. The van der Waals surface area contributed by atoms with Crippen LogP contribution in [0.2, 0.25) is 5.02 Å². The summed E-state index contributed by atoms with van der Waals surface area (Å²) in [5.74, 6) is -0.903. The minimum atomic E-state index is -1.12. The number of H-pyrrole nitrogens is 1. The predicted molar refractivity (Wildman–Crippen MR) is 117 cm³/mol. The molecule has 3 N–H and O–H groups in total. The van der Waals surface area contributed by atoms with E-state index in [0.717, 1.165) is 22.4 Å². The van der Waals surface area contributed by atoms with Gasteiger partial charge in [-0.25, -0.2) is 4.98 Å². The largest absolute Gasteiger partial charge is 0.489 e. The number of carbonyl (C=O) groups is 2. The highest BCUT2D eigenvalue weighted by Gasteiger charge is 2.13. The zero-order valence-corrected chi connectivity index (χ0v) is 17.0. The van der Waals surface area contributed by atoms with Crippen LogP contribution in [0, 0.1) is 0 Å². The molecule has 7 nitrogen and oxygen atoms in total. The highest BCUT2D eigenvalue weighted by molar-refractivity contribution is 6.30. The van der Waals surface area contributed by atoms with Crippen LogP contribution in [0.4, 0.5) is 0 Å². The van der Waals surface area contributed by atoms with Gasteiger partial charge in [0.15, 0.2) is 5.82 Å². The second-order valence-electron chi connectivity index (χ2n) is 6.84. The molecule has 1 heterocycles. The fraction of sp³-hybridized carbons (Fsp3) is 0.0870. The van der Waals surface area contributed by atoms with Crippen molar-refractivity contribution < 1.29 is 19.4 Å². The molecule has 156 valence electrons. The van der Waals surface area contributed by atoms with Crippen molar-refractivity contribution in [3.63, 3.8) is 0 Å². The summed E-state index contributed by atoms with van der Waals surface area (Å²) in [7, 11) is 0. The lowest BCUT2D eigenvalue weighted by atomic mass is 10.0. The standard InChI is InChI=1S/C23H18ClN3O4/c24-17-7-4-14(5-8-17)13-31-18-3-1-2-15(10-18)16-6-9-19-20(11-16)27-22(26-19)23(30)25-12-21(28)29/h1-11H,12-13H2,(H,25,30)(H,26,27)(H,28,29). The van der Waals surface area contributed by atoms with Crippen molar-refractivity contribution in [2.45, 2.75) is 6.61 Å². The number of hydrogen-bond donors (Lipinski definition) is 3. The molecule has 0 aliphatic carbocycles. The third-order valence-electron chi connectivity index (χ3n) is 4.58. The maximum atomic E-state index is 12.0. The van der Waals surface area contributed by atoms with Gasteiger partial charge < -0.3 is 20.1 Å². The quantitative estimate of drug-likeness (QED) is 0.402. The Morgan fingerprint density at radius 3 is 2.58 bits per heavy atom. The maximum Gasteiger partial charge on any atom is 0.322 e. The number of fused-ring (bicyclic) bond motifs is 1. The molecule has 0 saturated carbocycles. The first-order valence-electron chi connectivity index (χ1n) is 9.45. The fourth-order valence-electron chi connectivity index (χ4n) is 3.05. The van der Waals surface area contributed by atoms with Crippen LogP contribution in [0.25, 0.3) is 22.2 Å². The van der Waals surface area contributed by atoms with Crippen LogP contribution in [0.15, 0.2) is 66.7 Å². The summed E-state index contributed by atoms with van der Waals surface area (Å²) < 4.78 is 5.90. The van der Waals surface area contributed by atoms with Crippen LogP contribution in [0.5, 0.6) is 5.75 Å². The van der Waals surface area contributed by atoms with E-state index in [-0.39, 0.29) is 5.82 Å². The fourth-order valence-corrected chi connectivity index (χ4v) is 3.17. The third kappa shape index (κ3) is 5.02. The Morgan fingerprint density at radius 1 is 1.03 bits per heavy atom. The topological polar surface area (TPSA) is 104 Å². The maximum absolute atomic E-state index is 12.0. The van der Waals surface area contributed by atoms with Gasteiger partial charge >= 0.3 is 5.97 Å². The number of carboxylic acids is 1. The number of rotatable bonds is 7. The number of ether oxygens (including phenoxy) is 1. The summed E-state index contributed by atoms with van der Waals surface area (Å²) in [4.78, 5) is 29.8. The third-order valence-corrected chi connectivity index (χ3v) is 4.84. The summed E-state index contributed by atoms with van der Waals surface area (Å²) in [6.07, 6.45) is 0. The molecule has 1 aromatic heterocycles. The van der Waals surface area contributed by atoms with Crippen LogP contribution in [0.1, 0.15) is 16.2 Å². The Balaban J connectivity index is 1.51. The van der Waals surface area contributed by atoms with Crippen molar-refractivity contribution in [2.24, 2.45) is 0 Å². The van der Waals surface area contributed by atoms with E-state index in [4.69, 9.17) is 21.4 Å². The summed E-state index contributed by atoms with van der Waals surface area (Å²) in [6.45, 7) is -0.0439. The lowest BCUT2D eigenvalue weighted by Gasteiger charge is -2.09. The molecular weight excluding hydrogens is 418 g/mol. The van der Waals surface area contributed by atoms with Gasteiger partial charge in [-0.1, -0.05) is 41.9 Å². The summed E-state index contributed by atoms with van der Waals surface area (Å²) in [5.41, 5.74) is 4.15. The van der Waals surface area contributed by atoms with Crippen LogP contribution in [-0.2, 0) is 11.4 Å². The van der Waals surface area contributed by atoms with Gasteiger partial charge in [0.05, 0.1) is 11.0 Å². The van der Waals surface area contributed by atoms with E-state index in [9.17, 15) is 9.59 Å². The van der Waals surface area contributed by atoms with E-state index in [2.05, 4.69) is 15.3 Å². The van der Waals surface area contributed by atoms with E-state index in [0.29, 0.717) is 22.7 Å². The zero-order chi connectivity index (χ0) is 21.8. The van der Waals surface area contributed by atoms with Crippen LogP contribution in [-0.4, -0.2) is 33.5 Å². The van der Waals surface area contributed by atoms with Crippen molar-refractivity contribution >= 4 is 34.5 Å². The van der Waals surface area contributed by atoms with Gasteiger partial charge in [0.25, 0.3) is 5.91 Å². The molecule has 1 amide bonds. The molecule has 31 heavy (non-hydrogen) atoms. The van der Waals surface area contributed by atoms with Gasteiger partial charge in [-0.2, -0.15) is 0 Å². The van der Waals surface area contributed by atoms with Crippen LogP contribution < -0.4 is 10.1 Å². The lowest BCUT2D eigenvalue weighted by Crippen LogP contribution is -2.29. The molecule has 0 unspecified atom stereocenters. The Morgan fingerprint density at radius 2 is 1.81 bits per heavy atom. The minimum Gasteiger partial charge on any atom is -0.489 e. The van der Waals surface area contributed by atoms with Crippen molar-refractivity contribution in [1.29, 1.82) is 0 Å². The average molecular weight is 436 g/mol. The number of nitrogens with one attached hydrogen (secondary N) is 2. The lowest BCUT2D eigenvalue weighted by molar-refractivity contribution is -0.135. The van der Waals surface area contributed by atoms with Gasteiger partial charge in [0, 0.05) is 5.02 Å². The highest BCUT2D eigenvalue weighted by atomic mass is 35.5. The average Bonchev–Trinajstić information content (AvgIpc) is 3.21. The molecule has 0 fully saturated rings. The number of halogens is 1. The van der Waals surface area contributed by atoms with E-state index in [1.54, 1.807) is 0 Å². The van der Waals surface area contributed by atoms with Crippen molar-refractivity contribution in [1.82, 2.24) is 15.3 Å². The zero-order valence-electron chi connectivity index (χ0n) is 16.3. The minimum absolute atomic E-state index is 0.0634. The summed E-state index contributed by atoms with van der Waals surface area (Å²) in [5, 5.41) is 11.7. The number of amides is 1. The van der Waals surface area contributed by atoms with E-state index < -0.39 is 18.4 Å². The van der Waals surface area contributed by atoms with Crippen LogP contribution in [0.3, 0.4) is 0 Å². The van der Waals surface area contributed by atoms with E-state index in [1.165, 1.54) is 0 Å². The predicted octanol–water partition coefficient (Wildman–Crippen LogP) is 4.28. The molecule has 4 aromatic rings. The van der Waals surface area contributed by atoms with Gasteiger partial charge in [-0.05, 0) is 53.1 Å². The van der Waals surface area contributed by atoms with Crippen molar-refractivity contribution in [3.05, 3.63) is 83.1 Å². The second-order valence-corrected chi connectivity index (χ2v) is 7.27. The number of aromatic amines is 1. The Hall–Kier alpha value is -3.84. The molecule has 0 atom stereocenters. The monoisotopic (exact) mass is 435 g/mol. The van der Waals surface area contributed by atoms with Gasteiger partial charge in [0.1, 0.15) is 18.9 Å². The highest BCUT2D eigenvalue weighted by Crippen LogP contribution is 2.27. The van der Waals surface area contributed by atoms with Gasteiger partial charge in [-0.15, -0.1) is 0 Å². The number of hydrogen-bond acceptors (Lipinski definition) is 4. The SMILES string of the molecule is O=C(O)CNC(=O)c1nc2cc(-c3cccc(OCc4ccc(Cl)cc4)c3)ccc2[nH]1. The van der Waals surface area contributed by atoms with Gasteiger partial charge in [-0.3, -0.25) is 9.59 Å². The molecule has 0 saturated heterocycles. The first-order chi connectivity index (χ1) is 15.0.